The predicted octanol–water partition coefficient (Wildman–Crippen LogP) is 3.28. The molecule has 2 nitrogen and oxygen atoms in total. The van der Waals surface area contributed by atoms with Gasteiger partial charge in [0.15, 0.2) is 0 Å². The van der Waals surface area contributed by atoms with Crippen LogP contribution in [0.2, 0.25) is 0 Å². The normalized spacial score (nSPS) is 20.6. The minimum atomic E-state index is -4.29. The van der Waals surface area contributed by atoms with Gasteiger partial charge in [-0.15, -0.1) is 0 Å². The molecule has 0 spiro atoms. The topological polar surface area (TPSA) is 15.3 Å². The van der Waals surface area contributed by atoms with Crippen LogP contribution in [0.3, 0.4) is 0 Å². The summed E-state index contributed by atoms with van der Waals surface area (Å²) in [5, 5.41) is 3.32. The summed E-state index contributed by atoms with van der Waals surface area (Å²) in [6, 6.07) is 6.11. The fourth-order valence-electron chi connectivity index (χ4n) is 2.64. The first kappa shape index (κ1) is 14.2. The van der Waals surface area contributed by atoms with Gasteiger partial charge in [0.2, 0.25) is 0 Å². The van der Waals surface area contributed by atoms with Gasteiger partial charge in [-0.25, -0.2) is 0 Å². The van der Waals surface area contributed by atoms with Crippen molar-refractivity contribution in [3.05, 3.63) is 29.8 Å². The zero-order valence-corrected chi connectivity index (χ0v) is 11.0. The highest BCUT2D eigenvalue weighted by Gasteiger charge is 2.35. The molecule has 1 atom stereocenters. The third-order valence-corrected chi connectivity index (χ3v) is 3.46. The Morgan fingerprint density at radius 1 is 1.32 bits per heavy atom. The third kappa shape index (κ3) is 3.41. The van der Waals surface area contributed by atoms with Gasteiger partial charge < -0.3 is 10.2 Å². The first-order chi connectivity index (χ1) is 9.02. The zero-order valence-electron chi connectivity index (χ0n) is 11.0. The Labute approximate surface area is 111 Å². The largest absolute Gasteiger partial charge is 0.418 e. The summed E-state index contributed by atoms with van der Waals surface area (Å²) in [5.41, 5.74) is -0.232. The number of likely N-dealkylation sites (N-methyl/N-ethyl adjacent to an activating group) is 1. The molecule has 0 saturated carbocycles. The van der Waals surface area contributed by atoms with Crippen LogP contribution in [0.4, 0.5) is 18.9 Å². The molecule has 2 rings (SSSR count). The summed E-state index contributed by atoms with van der Waals surface area (Å²) in [4.78, 5) is 1.85. The molecule has 0 radical (unpaired) electrons. The summed E-state index contributed by atoms with van der Waals surface area (Å²) in [6.07, 6.45) is -2.34. The molecular weight excluding hydrogens is 253 g/mol. The first-order valence-corrected chi connectivity index (χ1v) is 6.67. The molecule has 0 bridgehead atoms. The van der Waals surface area contributed by atoms with E-state index in [-0.39, 0.29) is 6.04 Å². The molecule has 1 aromatic carbocycles. The zero-order chi connectivity index (χ0) is 13.9. The fourth-order valence-corrected chi connectivity index (χ4v) is 2.64. The van der Waals surface area contributed by atoms with Gasteiger partial charge in [0.25, 0.3) is 0 Å². The van der Waals surface area contributed by atoms with Gasteiger partial charge in [0, 0.05) is 24.8 Å². The van der Waals surface area contributed by atoms with Crippen molar-refractivity contribution < 1.29 is 13.2 Å². The molecule has 0 amide bonds. The molecule has 1 aromatic rings. The number of para-hydroxylation sites is 1. The van der Waals surface area contributed by atoms with E-state index in [1.54, 1.807) is 12.1 Å². The molecule has 1 saturated heterocycles. The number of benzene rings is 1. The monoisotopic (exact) mass is 272 g/mol. The van der Waals surface area contributed by atoms with Crippen LogP contribution in [0.25, 0.3) is 0 Å². The van der Waals surface area contributed by atoms with Crippen molar-refractivity contribution in [3.63, 3.8) is 0 Å². The van der Waals surface area contributed by atoms with Gasteiger partial charge >= 0.3 is 6.18 Å². The molecule has 1 aliphatic rings. The van der Waals surface area contributed by atoms with Gasteiger partial charge in [-0.3, -0.25) is 0 Å². The van der Waals surface area contributed by atoms with E-state index in [0.29, 0.717) is 18.8 Å². The average molecular weight is 272 g/mol. The van der Waals surface area contributed by atoms with Crippen LogP contribution in [-0.4, -0.2) is 25.7 Å². The Hall–Kier alpha value is -1.23. The molecule has 1 N–H and O–H groups in total. The van der Waals surface area contributed by atoms with Crippen LogP contribution in [0.5, 0.6) is 0 Å². The molecule has 0 aliphatic carbocycles. The smallest absolute Gasteiger partial charge is 0.369 e. The molecular formula is C14H19F3N2. The summed E-state index contributed by atoms with van der Waals surface area (Å²) < 4.78 is 39.0. The van der Waals surface area contributed by atoms with E-state index in [0.717, 1.165) is 25.5 Å². The Morgan fingerprint density at radius 3 is 2.74 bits per heavy atom. The number of hydrogen-bond donors (Lipinski definition) is 1. The van der Waals surface area contributed by atoms with Crippen molar-refractivity contribution >= 4 is 5.69 Å². The van der Waals surface area contributed by atoms with Crippen LogP contribution in [0, 0.1) is 0 Å². The van der Waals surface area contributed by atoms with Gasteiger partial charge in [-0.2, -0.15) is 13.2 Å². The summed E-state index contributed by atoms with van der Waals surface area (Å²) >= 11 is 0. The van der Waals surface area contributed by atoms with Crippen LogP contribution in [0.15, 0.2) is 24.3 Å². The van der Waals surface area contributed by atoms with Crippen molar-refractivity contribution in [3.8, 4) is 0 Å². The molecule has 106 valence electrons. The Morgan fingerprint density at radius 2 is 2.05 bits per heavy atom. The van der Waals surface area contributed by atoms with Crippen LogP contribution in [0.1, 0.15) is 25.3 Å². The summed E-state index contributed by atoms with van der Waals surface area (Å²) in [7, 11) is 0. The van der Waals surface area contributed by atoms with Crippen molar-refractivity contribution in [2.45, 2.75) is 32.0 Å². The Balaban J connectivity index is 2.21. The van der Waals surface area contributed by atoms with Crippen molar-refractivity contribution in [2.24, 2.45) is 0 Å². The van der Waals surface area contributed by atoms with Crippen LogP contribution < -0.4 is 10.2 Å². The molecule has 1 heterocycles. The molecule has 0 aromatic heterocycles. The standard InChI is InChI=1S/C14H19F3N2/c1-2-18-11-6-5-9-19(10-11)13-8-4-3-7-12(13)14(15,16)17/h3-4,7-8,11,18H,2,5-6,9-10H2,1H3. The van der Waals surface area contributed by atoms with Crippen molar-refractivity contribution in [1.29, 1.82) is 0 Å². The van der Waals surface area contributed by atoms with Gasteiger partial charge in [0.05, 0.1) is 5.56 Å². The average Bonchev–Trinajstić information content (AvgIpc) is 2.38. The van der Waals surface area contributed by atoms with E-state index in [1.165, 1.54) is 6.07 Å². The van der Waals surface area contributed by atoms with E-state index in [2.05, 4.69) is 5.32 Å². The number of anilines is 1. The van der Waals surface area contributed by atoms with Gasteiger partial charge in [-0.1, -0.05) is 19.1 Å². The minimum absolute atomic E-state index is 0.278. The van der Waals surface area contributed by atoms with E-state index in [9.17, 15) is 13.2 Å². The quantitative estimate of drug-likeness (QED) is 0.908. The van der Waals surface area contributed by atoms with Gasteiger partial charge in [0.1, 0.15) is 0 Å². The maximum atomic E-state index is 13.0. The number of piperidine rings is 1. The third-order valence-electron chi connectivity index (χ3n) is 3.46. The molecule has 1 aliphatic heterocycles. The second-order valence-corrected chi connectivity index (χ2v) is 4.86. The lowest BCUT2D eigenvalue weighted by Gasteiger charge is -2.36. The maximum Gasteiger partial charge on any atom is 0.418 e. The number of alkyl halides is 3. The van der Waals surface area contributed by atoms with E-state index < -0.39 is 11.7 Å². The van der Waals surface area contributed by atoms with Crippen LogP contribution in [-0.2, 0) is 6.18 Å². The van der Waals surface area contributed by atoms with E-state index in [1.807, 2.05) is 11.8 Å². The lowest BCUT2D eigenvalue weighted by Crippen LogP contribution is -2.46. The van der Waals surface area contributed by atoms with Crippen LogP contribution >= 0.6 is 0 Å². The number of nitrogens with one attached hydrogen (secondary N) is 1. The Bertz CT molecular complexity index is 415. The SMILES string of the molecule is CCNC1CCCN(c2ccccc2C(F)(F)F)C1. The van der Waals surface area contributed by atoms with Crippen molar-refractivity contribution in [2.75, 3.05) is 24.5 Å². The highest BCUT2D eigenvalue weighted by Crippen LogP contribution is 2.37. The highest BCUT2D eigenvalue weighted by molar-refractivity contribution is 5.55. The predicted molar refractivity (Wildman–Crippen MR) is 70.4 cm³/mol. The Kier molecular flexibility index (Phi) is 4.34. The molecule has 19 heavy (non-hydrogen) atoms. The highest BCUT2D eigenvalue weighted by atomic mass is 19.4. The van der Waals surface area contributed by atoms with E-state index in [4.69, 9.17) is 0 Å². The van der Waals surface area contributed by atoms with Crippen molar-refractivity contribution in [1.82, 2.24) is 5.32 Å². The summed E-state index contributed by atoms with van der Waals surface area (Å²) in [5.74, 6) is 0. The second kappa shape index (κ2) is 5.82. The number of nitrogens with zero attached hydrogens (tertiary/aromatic N) is 1. The number of rotatable bonds is 3. The maximum absolute atomic E-state index is 13.0. The summed E-state index contributed by atoms with van der Waals surface area (Å²) in [6.45, 7) is 4.19. The second-order valence-electron chi connectivity index (χ2n) is 4.86. The van der Waals surface area contributed by atoms with Gasteiger partial charge in [-0.05, 0) is 31.5 Å². The lowest BCUT2D eigenvalue weighted by atomic mass is 10.0. The first-order valence-electron chi connectivity index (χ1n) is 6.67. The number of halogens is 3. The fraction of sp³-hybridized carbons (Fsp3) is 0.571. The molecule has 5 heteroatoms. The number of hydrogen-bond acceptors (Lipinski definition) is 2. The minimum Gasteiger partial charge on any atom is -0.369 e. The molecule has 1 unspecified atom stereocenters. The molecule has 1 fully saturated rings. The van der Waals surface area contributed by atoms with E-state index >= 15 is 0 Å². The lowest BCUT2D eigenvalue weighted by molar-refractivity contribution is -0.137.